The molecule has 1 aromatic carbocycles. The molecule has 1 aromatic rings. The van der Waals surface area contributed by atoms with Crippen molar-refractivity contribution in [2.45, 2.75) is 24.9 Å². The SMILES string of the molecule is CN(C1CC1)C(C(=O)O)c1cc(Cl)ccc1F. The van der Waals surface area contributed by atoms with Gasteiger partial charge in [-0.05, 0) is 38.1 Å². The summed E-state index contributed by atoms with van der Waals surface area (Å²) in [6.07, 6.45) is 1.92. The number of carbonyl (C=O) groups is 1. The molecule has 0 radical (unpaired) electrons. The third-order valence-electron chi connectivity index (χ3n) is 3.02. The summed E-state index contributed by atoms with van der Waals surface area (Å²) in [4.78, 5) is 13.0. The summed E-state index contributed by atoms with van der Waals surface area (Å²) in [6, 6.07) is 3.26. The highest BCUT2D eigenvalue weighted by Crippen LogP contribution is 2.34. The fourth-order valence-electron chi connectivity index (χ4n) is 1.94. The van der Waals surface area contributed by atoms with Gasteiger partial charge in [-0.3, -0.25) is 9.69 Å². The largest absolute Gasteiger partial charge is 0.480 e. The van der Waals surface area contributed by atoms with E-state index in [0.29, 0.717) is 5.02 Å². The number of nitrogens with zero attached hydrogens (tertiary/aromatic N) is 1. The number of rotatable bonds is 4. The Bertz CT molecular complexity index is 448. The van der Waals surface area contributed by atoms with Crippen molar-refractivity contribution in [3.8, 4) is 0 Å². The molecule has 0 spiro atoms. The number of aliphatic carboxylic acids is 1. The fourth-order valence-corrected chi connectivity index (χ4v) is 2.12. The van der Waals surface area contributed by atoms with Crippen LogP contribution in [0.3, 0.4) is 0 Å². The molecule has 5 heteroatoms. The number of hydrogen-bond acceptors (Lipinski definition) is 2. The second-order valence-electron chi connectivity index (χ2n) is 4.30. The lowest BCUT2D eigenvalue weighted by molar-refractivity contribution is -0.143. The van der Waals surface area contributed by atoms with Gasteiger partial charge in [-0.1, -0.05) is 11.6 Å². The van der Waals surface area contributed by atoms with Gasteiger partial charge in [-0.2, -0.15) is 0 Å². The minimum atomic E-state index is -1.06. The Hall–Kier alpha value is -1.13. The lowest BCUT2D eigenvalue weighted by Gasteiger charge is -2.25. The van der Waals surface area contributed by atoms with Gasteiger partial charge in [0.2, 0.25) is 0 Å². The Morgan fingerprint density at radius 2 is 2.24 bits per heavy atom. The van der Waals surface area contributed by atoms with Crippen molar-refractivity contribution in [2.24, 2.45) is 0 Å². The lowest BCUT2D eigenvalue weighted by atomic mass is 10.0. The Morgan fingerprint density at radius 3 is 2.76 bits per heavy atom. The van der Waals surface area contributed by atoms with E-state index < -0.39 is 17.8 Å². The third-order valence-corrected chi connectivity index (χ3v) is 3.25. The van der Waals surface area contributed by atoms with E-state index in [4.69, 9.17) is 11.6 Å². The quantitative estimate of drug-likeness (QED) is 0.902. The second kappa shape index (κ2) is 4.63. The van der Waals surface area contributed by atoms with Gasteiger partial charge in [0.1, 0.15) is 11.9 Å². The molecule has 0 heterocycles. The minimum absolute atomic E-state index is 0.124. The molecule has 1 saturated carbocycles. The summed E-state index contributed by atoms with van der Waals surface area (Å²) in [5.74, 6) is -1.59. The molecule has 92 valence electrons. The summed E-state index contributed by atoms with van der Waals surface area (Å²) >= 11 is 5.79. The highest BCUT2D eigenvalue weighted by molar-refractivity contribution is 6.30. The number of carboxylic acid groups (broad SMARTS) is 1. The van der Waals surface area contributed by atoms with Gasteiger partial charge in [0.25, 0.3) is 0 Å². The monoisotopic (exact) mass is 257 g/mol. The maximum absolute atomic E-state index is 13.7. The van der Waals surface area contributed by atoms with Gasteiger partial charge in [0.15, 0.2) is 0 Å². The molecule has 2 rings (SSSR count). The van der Waals surface area contributed by atoms with Crippen LogP contribution >= 0.6 is 11.6 Å². The summed E-state index contributed by atoms with van der Waals surface area (Å²) in [5, 5.41) is 9.58. The van der Waals surface area contributed by atoms with E-state index in [1.54, 1.807) is 11.9 Å². The molecule has 1 unspecified atom stereocenters. The topological polar surface area (TPSA) is 40.5 Å². The summed E-state index contributed by atoms with van der Waals surface area (Å²) < 4.78 is 13.7. The molecule has 0 aliphatic heterocycles. The van der Waals surface area contributed by atoms with Gasteiger partial charge in [-0.25, -0.2) is 4.39 Å². The molecule has 1 N–H and O–H groups in total. The van der Waals surface area contributed by atoms with E-state index >= 15 is 0 Å². The Morgan fingerprint density at radius 1 is 1.59 bits per heavy atom. The van der Waals surface area contributed by atoms with Crippen LogP contribution in [0.25, 0.3) is 0 Å². The number of likely N-dealkylation sites (N-methyl/N-ethyl adjacent to an activating group) is 1. The number of carboxylic acids is 1. The molecule has 17 heavy (non-hydrogen) atoms. The Balaban J connectivity index is 2.37. The van der Waals surface area contributed by atoms with Crippen LogP contribution in [0.1, 0.15) is 24.4 Å². The van der Waals surface area contributed by atoms with Crippen molar-refractivity contribution in [3.05, 3.63) is 34.6 Å². The zero-order valence-electron chi connectivity index (χ0n) is 9.36. The standard InChI is InChI=1S/C12H13ClFNO2/c1-15(8-3-4-8)11(12(16)17)9-6-7(13)2-5-10(9)14/h2,5-6,8,11H,3-4H2,1H3,(H,16,17). The van der Waals surface area contributed by atoms with Crippen LogP contribution in [0.15, 0.2) is 18.2 Å². The third kappa shape index (κ3) is 2.58. The second-order valence-corrected chi connectivity index (χ2v) is 4.74. The highest BCUT2D eigenvalue weighted by Gasteiger charge is 2.36. The summed E-state index contributed by atoms with van der Waals surface area (Å²) in [6.45, 7) is 0. The zero-order chi connectivity index (χ0) is 12.6. The van der Waals surface area contributed by atoms with Crippen LogP contribution in [0, 0.1) is 5.82 Å². The maximum Gasteiger partial charge on any atom is 0.325 e. The predicted molar refractivity (Wildman–Crippen MR) is 62.6 cm³/mol. The molecule has 1 atom stereocenters. The van der Waals surface area contributed by atoms with Crippen molar-refractivity contribution in [1.29, 1.82) is 0 Å². The smallest absolute Gasteiger partial charge is 0.325 e. The molecular formula is C12H13ClFNO2. The molecule has 1 aliphatic carbocycles. The Kier molecular flexibility index (Phi) is 3.35. The van der Waals surface area contributed by atoms with E-state index in [-0.39, 0.29) is 11.6 Å². The molecule has 3 nitrogen and oxygen atoms in total. The van der Waals surface area contributed by atoms with E-state index in [9.17, 15) is 14.3 Å². The van der Waals surface area contributed by atoms with E-state index in [1.807, 2.05) is 0 Å². The van der Waals surface area contributed by atoms with Gasteiger partial charge in [0.05, 0.1) is 0 Å². The van der Waals surface area contributed by atoms with Gasteiger partial charge >= 0.3 is 5.97 Å². The number of halogens is 2. The lowest BCUT2D eigenvalue weighted by Crippen LogP contribution is -2.33. The molecular weight excluding hydrogens is 245 g/mol. The predicted octanol–water partition coefficient (Wildman–Crippen LogP) is 2.70. The molecule has 0 amide bonds. The Labute approximate surface area is 104 Å². The molecule has 1 aliphatic rings. The van der Waals surface area contributed by atoms with Crippen molar-refractivity contribution in [3.63, 3.8) is 0 Å². The van der Waals surface area contributed by atoms with Gasteiger partial charge in [-0.15, -0.1) is 0 Å². The van der Waals surface area contributed by atoms with Crippen LogP contribution in [-0.4, -0.2) is 29.1 Å². The van der Waals surface area contributed by atoms with Crippen molar-refractivity contribution >= 4 is 17.6 Å². The van der Waals surface area contributed by atoms with Crippen LogP contribution < -0.4 is 0 Å². The normalized spacial score (nSPS) is 17.2. The van der Waals surface area contributed by atoms with Crippen LogP contribution in [-0.2, 0) is 4.79 Å². The van der Waals surface area contributed by atoms with Crippen LogP contribution in [0.5, 0.6) is 0 Å². The molecule has 0 bridgehead atoms. The summed E-state index contributed by atoms with van der Waals surface area (Å²) in [7, 11) is 1.71. The van der Waals surface area contributed by atoms with Crippen molar-refractivity contribution in [2.75, 3.05) is 7.05 Å². The number of benzene rings is 1. The van der Waals surface area contributed by atoms with Crippen molar-refractivity contribution in [1.82, 2.24) is 4.90 Å². The van der Waals surface area contributed by atoms with Gasteiger partial charge < -0.3 is 5.11 Å². The van der Waals surface area contributed by atoms with Crippen molar-refractivity contribution < 1.29 is 14.3 Å². The van der Waals surface area contributed by atoms with E-state index in [2.05, 4.69) is 0 Å². The van der Waals surface area contributed by atoms with Crippen LogP contribution in [0.4, 0.5) is 4.39 Å². The average Bonchev–Trinajstić information content (AvgIpc) is 3.06. The first-order valence-corrected chi connectivity index (χ1v) is 5.78. The number of hydrogen-bond donors (Lipinski definition) is 1. The minimum Gasteiger partial charge on any atom is -0.480 e. The first-order chi connectivity index (χ1) is 8.00. The molecule has 1 fully saturated rings. The van der Waals surface area contributed by atoms with E-state index in [1.165, 1.54) is 18.2 Å². The first kappa shape index (κ1) is 12.3. The average molecular weight is 258 g/mol. The first-order valence-electron chi connectivity index (χ1n) is 5.40. The molecule has 0 saturated heterocycles. The van der Waals surface area contributed by atoms with Crippen LogP contribution in [0.2, 0.25) is 5.02 Å². The van der Waals surface area contributed by atoms with E-state index in [0.717, 1.165) is 12.8 Å². The fraction of sp³-hybridized carbons (Fsp3) is 0.417. The highest BCUT2D eigenvalue weighted by atomic mass is 35.5. The molecule has 0 aromatic heterocycles. The zero-order valence-corrected chi connectivity index (χ0v) is 10.1. The van der Waals surface area contributed by atoms with Gasteiger partial charge in [0, 0.05) is 16.6 Å². The maximum atomic E-state index is 13.7. The summed E-state index contributed by atoms with van der Waals surface area (Å²) in [5.41, 5.74) is 0.124.